The van der Waals surface area contributed by atoms with Gasteiger partial charge in [0.25, 0.3) is 0 Å². The molecule has 0 spiro atoms. The zero-order valence-electron chi connectivity index (χ0n) is 22.8. The summed E-state index contributed by atoms with van der Waals surface area (Å²) in [6.45, 7) is 1.35. The number of nitrogens with one attached hydrogen (secondary N) is 1. The maximum atomic E-state index is 12.5. The quantitative estimate of drug-likeness (QED) is 0.512. The summed E-state index contributed by atoms with van der Waals surface area (Å²) in [5.41, 5.74) is 0.675. The number of carbonyl (C=O) groups is 2. The SMILES string of the molecule is COc1cc(Nc2nccc(N3C[C@H](CC(=O)N(C)C)C[C@H](CC(=O)N(C)C)C3)n2)cc(OC)c1OC. The molecule has 11 heteroatoms. The Hall–Kier alpha value is -3.76. The second-order valence-corrected chi connectivity index (χ2v) is 9.63. The van der Waals surface area contributed by atoms with E-state index in [-0.39, 0.29) is 23.7 Å². The molecule has 1 aromatic heterocycles. The van der Waals surface area contributed by atoms with E-state index < -0.39 is 0 Å². The Morgan fingerprint density at radius 2 is 1.49 bits per heavy atom. The van der Waals surface area contributed by atoms with Crippen LogP contribution in [-0.4, -0.2) is 94.2 Å². The summed E-state index contributed by atoms with van der Waals surface area (Å²) in [5, 5.41) is 3.21. The largest absolute Gasteiger partial charge is 0.493 e. The lowest BCUT2D eigenvalue weighted by molar-refractivity contribution is -0.130. The Morgan fingerprint density at radius 1 is 0.946 bits per heavy atom. The highest BCUT2D eigenvalue weighted by Gasteiger charge is 2.31. The molecule has 2 heterocycles. The minimum absolute atomic E-state index is 0.0805. The molecule has 2 amide bonds. The molecular formula is C26H38N6O5. The summed E-state index contributed by atoms with van der Waals surface area (Å²) in [6.07, 6.45) is 3.37. The number of piperidine rings is 1. The van der Waals surface area contributed by atoms with E-state index in [0.717, 1.165) is 12.2 Å². The van der Waals surface area contributed by atoms with Crippen molar-refractivity contribution in [2.45, 2.75) is 19.3 Å². The van der Waals surface area contributed by atoms with Crippen LogP contribution < -0.4 is 24.4 Å². The number of amides is 2. The molecule has 1 fully saturated rings. The van der Waals surface area contributed by atoms with E-state index in [4.69, 9.17) is 19.2 Å². The van der Waals surface area contributed by atoms with Crippen LogP contribution in [0.15, 0.2) is 24.4 Å². The molecule has 1 N–H and O–H groups in total. The highest BCUT2D eigenvalue weighted by molar-refractivity contribution is 5.77. The maximum Gasteiger partial charge on any atom is 0.229 e. The van der Waals surface area contributed by atoms with Gasteiger partial charge in [-0.1, -0.05) is 0 Å². The zero-order valence-corrected chi connectivity index (χ0v) is 22.8. The first kappa shape index (κ1) is 27.8. The van der Waals surface area contributed by atoms with E-state index in [2.05, 4.69) is 15.2 Å². The number of hydrogen-bond acceptors (Lipinski definition) is 9. The number of anilines is 3. The molecule has 1 aliphatic heterocycles. The molecular weight excluding hydrogens is 476 g/mol. The van der Waals surface area contributed by atoms with Crippen molar-refractivity contribution in [2.24, 2.45) is 11.8 Å². The number of hydrogen-bond donors (Lipinski definition) is 1. The van der Waals surface area contributed by atoms with Gasteiger partial charge in [-0.3, -0.25) is 9.59 Å². The Morgan fingerprint density at radius 3 is 1.95 bits per heavy atom. The molecule has 2 aromatic rings. The van der Waals surface area contributed by atoms with Crippen LogP contribution in [0.1, 0.15) is 19.3 Å². The van der Waals surface area contributed by atoms with Crippen molar-refractivity contribution in [1.82, 2.24) is 19.8 Å². The molecule has 202 valence electrons. The van der Waals surface area contributed by atoms with E-state index in [9.17, 15) is 9.59 Å². The van der Waals surface area contributed by atoms with Gasteiger partial charge in [0, 0.05) is 78.1 Å². The summed E-state index contributed by atoms with van der Waals surface area (Å²) in [4.78, 5) is 39.4. The van der Waals surface area contributed by atoms with Gasteiger partial charge in [0.05, 0.1) is 21.3 Å². The molecule has 0 aliphatic carbocycles. The summed E-state index contributed by atoms with van der Waals surface area (Å²) in [5.74, 6) is 3.05. The van der Waals surface area contributed by atoms with Crippen LogP contribution in [0.2, 0.25) is 0 Å². The predicted molar refractivity (Wildman–Crippen MR) is 142 cm³/mol. The highest BCUT2D eigenvalue weighted by atomic mass is 16.5. The predicted octanol–water partition coefficient (Wildman–Crippen LogP) is 2.65. The van der Waals surface area contributed by atoms with Crippen LogP contribution in [0.25, 0.3) is 0 Å². The topological polar surface area (TPSA) is 109 Å². The van der Waals surface area contributed by atoms with Crippen molar-refractivity contribution in [3.8, 4) is 17.2 Å². The third-order valence-corrected chi connectivity index (χ3v) is 6.43. The van der Waals surface area contributed by atoms with Crippen molar-refractivity contribution >= 4 is 29.3 Å². The van der Waals surface area contributed by atoms with E-state index in [1.807, 2.05) is 6.07 Å². The fourth-order valence-corrected chi connectivity index (χ4v) is 4.53. The second-order valence-electron chi connectivity index (χ2n) is 9.63. The molecule has 11 nitrogen and oxygen atoms in total. The van der Waals surface area contributed by atoms with Crippen LogP contribution >= 0.6 is 0 Å². The third-order valence-electron chi connectivity index (χ3n) is 6.43. The fourth-order valence-electron chi connectivity index (χ4n) is 4.53. The second kappa shape index (κ2) is 12.5. The highest BCUT2D eigenvalue weighted by Crippen LogP contribution is 2.40. The first-order valence-corrected chi connectivity index (χ1v) is 12.2. The van der Waals surface area contributed by atoms with Crippen LogP contribution in [0.5, 0.6) is 17.2 Å². The molecule has 0 bridgehead atoms. The van der Waals surface area contributed by atoms with Gasteiger partial charge in [0.1, 0.15) is 5.82 Å². The summed E-state index contributed by atoms with van der Waals surface area (Å²) >= 11 is 0. The Balaban J connectivity index is 1.84. The smallest absolute Gasteiger partial charge is 0.229 e. The van der Waals surface area contributed by atoms with Gasteiger partial charge < -0.3 is 34.2 Å². The Labute approximate surface area is 218 Å². The minimum atomic E-state index is 0.0805. The van der Waals surface area contributed by atoms with Crippen LogP contribution in [0.3, 0.4) is 0 Å². The molecule has 1 saturated heterocycles. The molecule has 1 aromatic carbocycles. The standard InChI is InChI=1S/C26H38N6O5/c1-30(2)23(33)11-17-10-18(12-24(34)31(3)4)16-32(15-17)22-8-9-27-26(29-22)28-19-13-20(35-5)25(37-7)21(14-19)36-6/h8-9,13-14,17-18H,10-12,15-16H2,1-7H3,(H,27,28,29)/t17-,18+. The van der Waals surface area contributed by atoms with Gasteiger partial charge >= 0.3 is 0 Å². The molecule has 1 aliphatic rings. The first-order valence-electron chi connectivity index (χ1n) is 12.2. The Bertz CT molecular complexity index is 1040. The third kappa shape index (κ3) is 7.14. The molecule has 0 saturated carbocycles. The number of carbonyl (C=O) groups excluding carboxylic acids is 2. The van der Waals surface area contributed by atoms with Gasteiger partial charge in [-0.05, 0) is 24.3 Å². The van der Waals surface area contributed by atoms with Crippen molar-refractivity contribution in [3.05, 3.63) is 24.4 Å². The van der Waals surface area contributed by atoms with Gasteiger partial charge in [-0.2, -0.15) is 4.98 Å². The van der Waals surface area contributed by atoms with Crippen molar-refractivity contribution in [1.29, 1.82) is 0 Å². The van der Waals surface area contributed by atoms with Crippen molar-refractivity contribution < 1.29 is 23.8 Å². The average Bonchev–Trinajstić information content (AvgIpc) is 2.87. The van der Waals surface area contributed by atoms with Crippen LogP contribution in [-0.2, 0) is 9.59 Å². The van der Waals surface area contributed by atoms with E-state index in [1.54, 1.807) is 77.6 Å². The van der Waals surface area contributed by atoms with E-state index in [1.165, 1.54) is 0 Å². The Kier molecular flexibility index (Phi) is 9.37. The van der Waals surface area contributed by atoms with Crippen molar-refractivity contribution in [3.63, 3.8) is 0 Å². The van der Waals surface area contributed by atoms with Crippen LogP contribution in [0.4, 0.5) is 17.5 Å². The summed E-state index contributed by atoms with van der Waals surface area (Å²) in [6, 6.07) is 5.41. The monoisotopic (exact) mass is 514 g/mol. The fraction of sp³-hybridized carbons (Fsp3) is 0.538. The maximum absolute atomic E-state index is 12.5. The van der Waals surface area contributed by atoms with E-state index >= 15 is 0 Å². The lowest BCUT2D eigenvalue weighted by Crippen LogP contribution is -2.44. The summed E-state index contributed by atoms with van der Waals surface area (Å²) in [7, 11) is 11.7. The molecule has 0 unspecified atom stereocenters. The van der Waals surface area contributed by atoms with Gasteiger partial charge in [-0.25, -0.2) is 4.98 Å². The number of benzene rings is 1. The van der Waals surface area contributed by atoms with Gasteiger partial charge in [-0.15, -0.1) is 0 Å². The van der Waals surface area contributed by atoms with E-state index in [0.29, 0.717) is 54.8 Å². The number of ether oxygens (including phenoxy) is 3. The number of rotatable bonds is 10. The number of nitrogens with zero attached hydrogens (tertiary/aromatic N) is 5. The zero-order chi connectivity index (χ0) is 27.1. The van der Waals surface area contributed by atoms with Crippen LogP contribution in [0, 0.1) is 11.8 Å². The lowest BCUT2D eigenvalue weighted by atomic mass is 9.84. The molecule has 37 heavy (non-hydrogen) atoms. The van der Waals surface area contributed by atoms with Crippen molar-refractivity contribution in [2.75, 3.05) is 72.8 Å². The molecule has 3 rings (SSSR count). The number of methoxy groups -OCH3 is 3. The molecule has 2 atom stereocenters. The minimum Gasteiger partial charge on any atom is -0.493 e. The number of aromatic nitrogens is 2. The van der Waals surface area contributed by atoms with Gasteiger partial charge in [0.2, 0.25) is 23.5 Å². The lowest BCUT2D eigenvalue weighted by Gasteiger charge is -2.38. The summed E-state index contributed by atoms with van der Waals surface area (Å²) < 4.78 is 16.3. The first-order chi connectivity index (χ1) is 17.6. The molecule has 0 radical (unpaired) electrons. The van der Waals surface area contributed by atoms with Gasteiger partial charge in [0.15, 0.2) is 11.5 Å². The normalized spacial score (nSPS) is 17.1. The average molecular weight is 515 g/mol.